The molecule has 0 spiro atoms. The zero-order valence-electron chi connectivity index (χ0n) is 18.4. The van der Waals surface area contributed by atoms with Crippen LogP contribution >= 0.6 is 11.6 Å². The van der Waals surface area contributed by atoms with Crippen LogP contribution < -0.4 is 10.6 Å². The minimum Gasteiger partial charge on any atom is -0.365 e. The van der Waals surface area contributed by atoms with E-state index in [2.05, 4.69) is 35.6 Å². The second-order valence-electron chi connectivity index (χ2n) is 8.32. The molecule has 0 aromatic carbocycles. The summed E-state index contributed by atoms with van der Waals surface area (Å²) in [5.74, 6) is -0.122. The number of aromatic amines is 1. The van der Waals surface area contributed by atoms with Gasteiger partial charge in [-0.2, -0.15) is 0 Å². The number of hydrogen-bond acceptors (Lipinski definition) is 6. The SMILES string of the molecule is O=C(NC1=CN=CCC1)N1CCCC[C@@H]1CNc1nc(-c2c[nH]c3ncc(Cl)cc23)ncc1F. The van der Waals surface area contributed by atoms with E-state index in [1.54, 1.807) is 24.7 Å². The first-order valence-corrected chi connectivity index (χ1v) is 11.6. The molecule has 0 aliphatic carbocycles. The maximum Gasteiger partial charge on any atom is 0.321 e. The zero-order chi connectivity index (χ0) is 23.5. The van der Waals surface area contributed by atoms with Crippen molar-refractivity contribution in [3.05, 3.63) is 47.4 Å². The van der Waals surface area contributed by atoms with Gasteiger partial charge in [-0.25, -0.2) is 24.1 Å². The Labute approximate surface area is 200 Å². The van der Waals surface area contributed by atoms with E-state index in [4.69, 9.17) is 11.6 Å². The molecule has 1 atom stereocenters. The molecule has 0 radical (unpaired) electrons. The van der Waals surface area contributed by atoms with Gasteiger partial charge in [-0.1, -0.05) is 11.6 Å². The van der Waals surface area contributed by atoms with E-state index in [1.165, 1.54) is 0 Å². The van der Waals surface area contributed by atoms with Crippen LogP contribution in [0.5, 0.6) is 0 Å². The van der Waals surface area contributed by atoms with Gasteiger partial charge >= 0.3 is 6.03 Å². The molecule has 3 aromatic rings. The first-order valence-electron chi connectivity index (χ1n) is 11.3. The number of hydrogen-bond donors (Lipinski definition) is 3. The number of allylic oxidation sites excluding steroid dienone is 1. The number of piperidine rings is 1. The summed E-state index contributed by atoms with van der Waals surface area (Å²) in [5, 5.41) is 7.30. The molecule has 2 aliphatic heterocycles. The largest absolute Gasteiger partial charge is 0.365 e. The minimum absolute atomic E-state index is 0.0876. The molecular weight excluding hydrogens is 459 g/mol. The Morgan fingerprint density at radius 3 is 3.06 bits per heavy atom. The lowest BCUT2D eigenvalue weighted by Crippen LogP contribution is -2.51. The van der Waals surface area contributed by atoms with Gasteiger partial charge in [0.1, 0.15) is 5.65 Å². The topological polar surface area (TPSA) is 111 Å². The van der Waals surface area contributed by atoms with E-state index < -0.39 is 5.82 Å². The second kappa shape index (κ2) is 9.76. The van der Waals surface area contributed by atoms with Gasteiger partial charge in [0, 0.05) is 54.5 Å². The predicted molar refractivity (Wildman–Crippen MR) is 129 cm³/mol. The van der Waals surface area contributed by atoms with Gasteiger partial charge in [0.15, 0.2) is 17.5 Å². The summed E-state index contributed by atoms with van der Waals surface area (Å²) >= 11 is 6.09. The number of anilines is 1. The number of aliphatic imine (C=N–C) groups is 1. The molecule has 0 bridgehead atoms. The Balaban J connectivity index is 1.31. The summed E-state index contributed by atoms with van der Waals surface area (Å²) in [6.45, 7) is 1.02. The Morgan fingerprint density at radius 2 is 2.21 bits per heavy atom. The van der Waals surface area contributed by atoms with Gasteiger partial charge in [0.25, 0.3) is 0 Å². The molecule has 5 heterocycles. The van der Waals surface area contributed by atoms with Crippen molar-refractivity contribution in [2.24, 2.45) is 4.99 Å². The van der Waals surface area contributed by atoms with Gasteiger partial charge in [0.05, 0.1) is 17.3 Å². The van der Waals surface area contributed by atoms with Crippen molar-refractivity contribution in [3.63, 3.8) is 0 Å². The fourth-order valence-corrected chi connectivity index (χ4v) is 4.44. The highest BCUT2D eigenvalue weighted by Crippen LogP contribution is 2.28. The van der Waals surface area contributed by atoms with E-state index in [-0.39, 0.29) is 17.9 Å². The van der Waals surface area contributed by atoms with Crippen LogP contribution in [-0.2, 0) is 0 Å². The van der Waals surface area contributed by atoms with E-state index in [0.717, 1.165) is 49.4 Å². The van der Waals surface area contributed by atoms with Crippen molar-refractivity contribution in [2.45, 2.75) is 38.1 Å². The average molecular weight is 483 g/mol. The van der Waals surface area contributed by atoms with Crippen molar-refractivity contribution in [1.29, 1.82) is 0 Å². The van der Waals surface area contributed by atoms with Crippen molar-refractivity contribution >= 4 is 40.7 Å². The number of nitrogens with one attached hydrogen (secondary N) is 3. The molecule has 0 saturated carbocycles. The van der Waals surface area contributed by atoms with Crippen molar-refractivity contribution in [1.82, 2.24) is 30.2 Å². The smallest absolute Gasteiger partial charge is 0.321 e. The molecule has 0 unspecified atom stereocenters. The summed E-state index contributed by atoms with van der Waals surface area (Å²) in [6.07, 6.45) is 12.3. The highest BCUT2D eigenvalue weighted by molar-refractivity contribution is 6.31. The van der Waals surface area contributed by atoms with Crippen LogP contribution in [0.25, 0.3) is 22.4 Å². The third-order valence-corrected chi connectivity index (χ3v) is 6.23. The number of carbonyl (C=O) groups excluding carboxylic acids is 1. The molecule has 2 amide bonds. The first-order chi connectivity index (χ1) is 16.6. The van der Waals surface area contributed by atoms with Gasteiger partial charge < -0.3 is 20.5 Å². The lowest BCUT2D eigenvalue weighted by molar-refractivity contribution is 0.157. The highest BCUT2D eigenvalue weighted by Gasteiger charge is 2.27. The van der Waals surface area contributed by atoms with Gasteiger partial charge in [-0.3, -0.25) is 4.99 Å². The summed E-state index contributed by atoms with van der Waals surface area (Å²) in [5.41, 5.74) is 2.13. The van der Waals surface area contributed by atoms with Crippen LogP contribution in [-0.4, -0.2) is 56.2 Å². The number of urea groups is 1. The van der Waals surface area contributed by atoms with E-state index in [0.29, 0.717) is 35.1 Å². The van der Waals surface area contributed by atoms with Gasteiger partial charge in [0.2, 0.25) is 0 Å². The van der Waals surface area contributed by atoms with Crippen LogP contribution in [0.3, 0.4) is 0 Å². The van der Waals surface area contributed by atoms with Crippen LogP contribution in [0, 0.1) is 5.82 Å². The number of halogens is 2. The maximum atomic E-state index is 14.6. The summed E-state index contributed by atoms with van der Waals surface area (Å²) in [7, 11) is 0. The number of nitrogens with zero attached hydrogens (tertiary/aromatic N) is 5. The molecule has 3 N–H and O–H groups in total. The first kappa shape index (κ1) is 22.3. The van der Waals surface area contributed by atoms with Crippen LogP contribution in [0.15, 0.2) is 41.5 Å². The van der Waals surface area contributed by atoms with E-state index in [1.807, 2.05) is 11.1 Å². The Morgan fingerprint density at radius 1 is 1.29 bits per heavy atom. The Kier molecular flexibility index (Phi) is 6.39. The number of H-pyrrole nitrogens is 1. The van der Waals surface area contributed by atoms with Gasteiger partial charge in [-0.15, -0.1) is 0 Å². The number of aromatic nitrogens is 4. The third kappa shape index (κ3) is 4.72. The standard InChI is InChI=1S/C23H24ClFN8O/c24-14-8-17-18(12-29-20(17)27-9-14)21-30-13-19(25)22(32-21)28-11-16-5-1-2-7-33(16)23(34)31-15-4-3-6-26-10-15/h6,8-10,12-13,16H,1-5,7,11H2,(H,27,29)(H,31,34)(H,28,30,32)/t16-/m1/s1. The molecule has 1 fully saturated rings. The molecule has 5 rings (SSSR count). The number of carbonyl (C=O) groups is 1. The Bertz CT molecular complexity index is 1270. The van der Waals surface area contributed by atoms with Crippen molar-refractivity contribution < 1.29 is 9.18 Å². The number of fused-ring (bicyclic) bond motifs is 1. The molecule has 9 nitrogen and oxygen atoms in total. The molecule has 2 aliphatic rings. The number of pyridine rings is 1. The zero-order valence-corrected chi connectivity index (χ0v) is 19.1. The molecule has 1 saturated heterocycles. The quantitative estimate of drug-likeness (QED) is 0.496. The lowest BCUT2D eigenvalue weighted by Gasteiger charge is -2.36. The molecule has 34 heavy (non-hydrogen) atoms. The third-order valence-electron chi connectivity index (χ3n) is 6.02. The predicted octanol–water partition coefficient (Wildman–Crippen LogP) is 4.49. The monoisotopic (exact) mass is 482 g/mol. The summed E-state index contributed by atoms with van der Waals surface area (Å²) < 4.78 is 14.6. The lowest BCUT2D eigenvalue weighted by atomic mass is 10.0. The van der Waals surface area contributed by atoms with Gasteiger partial charge in [-0.05, 0) is 38.2 Å². The van der Waals surface area contributed by atoms with Crippen LogP contribution in [0.1, 0.15) is 32.1 Å². The van der Waals surface area contributed by atoms with E-state index in [9.17, 15) is 9.18 Å². The summed E-state index contributed by atoms with van der Waals surface area (Å²) in [4.78, 5) is 34.7. The highest BCUT2D eigenvalue weighted by atomic mass is 35.5. The fourth-order valence-electron chi connectivity index (χ4n) is 4.28. The maximum absolute atomic E-state index is 14.6. The summed E-state index contributed by atoms with van der Waals surface area (Å²) in [6, 6.07) is 1.53. The van der Waals surface area contributed by atoms with Crippen LogP contribution in [0.4, 0.5) is 15.0 Å². The minimum atomic E-state index is -0.559. The molecule has 176 valence electrons. The average Bonchev–Trinajstić information content (AvgIpc) is 3.27. The molecule has 11 heteroatoms. The fraction of sp³-hybridized carbons (Fsp3) is 0.348. The Hall–Kier alpha value is -3.53. The van der Waals surface area contributed by atoms with Crippen molar-refractivity contribution in [3.8, 4) is 11.4 Å². The number of amides is 2. The molecule has 3 aromatic heterocycles. The number of rotatable bonds is 5. The van der Waals surface area contributed by atoms with E-state index >= 15 is 0 Å². The number of likely N-dealkylation sites (tertiary alicyclic amines) is 1. The second-order valence-corrected chi connectivity index (χ2v) is 8.76. The normalized spacial score (nSPS) is 18.1. The van der Waals surface area contributed by atoms with Crippen LogP contribution in [0.2, 0.25) is 5.02 Å². The van der Waals surface area contributed by atoms with Crippen molar-refractivity contribution in [2.75, 3.05) is 18.4 Å². The molecular formula is C23H24ClFN8O.